The minimum atomic E-state index is -4.19. The van der Waals surface area contributed by atoms with E-state index in [1.165, 1.54) is 11.9 Å². The lowest BCUT2D eigenvalue weighted by molar-refractivity contribution is -0.143. The van der Waals surface area contributed by atoms with Crippen LogP contribution in [-0.4, -0.2) is 74.0 Å². The Balaban J connectivity index is 4.49. The summed E-state index contributed by atoms with van der Waals surface area (Å²) in [4.78, 5) is 17.6. The zero-order chi connectivity index (χ0) is 22.0. The summed E-state index contributed by atoms with van der Waals surface area (Å²) in [6.07, 6.45) is -4.17. The van der Waals surface area contributed by atoms with Gasteiger partial charge in [-0.15, -0.1) is 0 Å². The van der Waals surface area contributed by atoms with Gasteiger partial charge in [0.2, 0.25) is 0 Å². The number of hydrogen-bond acceptors (Lipinski definition) is 4. The van der Waals surface area contributed by atoms with E-state index in [4.69, 9.17) is 4.74 Å². The van der Waals surface area contributed by atoms with E-state index in [0.29, 0.717) is 38.6 Å². The number of rotatable bonds is 9. The Morgan fingerprint density at radius 2 is 1.71 bits per heavy atom. The van der Waals surface area contributed by atoms with Crippen molar-refractivity contribution in [2.75, 3.05) is 39.8 Å². The first kappa shape index (κ1) is 26.3. The lowest BCUT2D eigenvalue weighted by Crippen LogP contribution is -2.49. The Morgan fingerprint density at radius 3 is 2.21 bits per heavy atom. The summed E-state index contributed by atoms with van der Waals surface area (Å²) >= 11 is 0. The van der Waals surface area contributed by atoms with Crippen LogP contribution in [0.25, 0.3) is 0 Å². The number of guanidine groups is 1. The first-order chi connectivity index (χ1) is 12.6. The number of nitrogens with one attached hydrogen (secondary N) is 3. The first-order valence-corrected chi connectivity index (χ1v) is 9.42. The first-order valence-electron chi connectivity index (χ1n) is 9.42. The fraction of sp³-hybridized carbons (Fsp3) is 0.889. The number of hydrogen-bond donors (Lipinski definition) is 3. The molecule has 0 aliphatic rings. The van der Waals surface area contributed by atoms with E-state index in [1.807, 2.05) is 20.8 Å². The van der Waals surface area contributed by atoms with Crippen LogP contribution in [0.4, 0.5) is 18.0 Å². The molecule has 10 heteroatoms. The number of nitrogens with zero attached hydrogens (tertiary/aromatic N) is 2. The second-order valence-corrected chi connectivity index (χ2v) is 8.34. The van der Waals surface area contributed by atoms with Crippen molar-refractivity contribution in [1.29, 1.82) is 0 Å². The van der Waals surface area contributed by atoms with Crippen molar-refractivity contribution in [3.05, 3.63) is 0 Å². The average molecular weight is 412 g/mol. The Kier molecular flexibility index (Phi) is 10.6. The number of halogens is 3. The normalized spacial score (nSPS) is 13.5. The van der Waals surface area contributed by atoms with E-state index in [1.54, 1.807) is 20.8 Å². The zero-order valence-electron chi connectivity index (χ0n) is 18.1. The fourth-order valence-corrected chi connectivity index (χ4v) is 2.18. The minimum absolute atomic E-state index is 0.301. The van der Waals surface area contributed by atoms with Crippen molar-refractivity contribution in [3.63, 3.8) is 0 Å². The van der Waals surface area contributed by atoms with Crippen LogP contribution in [0.15, 0.2) is 4.99 Å². The third kappa shape index (κ3) is 15.4. The minimum Gasteiger partial charge on any atom is -0.444 e. The maximum Gasteiger partial charge on any atom is 0.408 e. The molecular weight excluding hydrogens is 375 g/mol. The molecule has 0 bridgehead atoms. The molecule has 0 heterocycles. The van der Waals surface area contributed by atoms with E-state index in [0.717, 1.165) is 0 Å². The maximum atomic E-state index is 12.3. The molecule has 7 nitrogen and oxygen atoms in total. The average Bonchev–Trinajstić information content (AvgIpc) is 2.44. The van der Waals surface area contributed by atoms with Crippen LogP contribution in [0.5, 0.6) is 0 Å². The molecule has 0 saturated carbocycles. The van der Waals surface area contributed by atoms with E-state index in [-0.39, 0.29) is 0 Å². The zero-order valence-corrected chi connectivity index (χ0v) is 18.1. The van der Waals surface area contributed by atoms with Gasteiger partial charge >= 0.3 is 12.3 Å². The Labute approximate surface area is 166 Å². The molecule has 0 atom stereocenters. The number of aliphatic imine (C=N–C) groups is 1. The predicted octanol–water partition coefficient (Wildman–Crippen LogP) is 2.73. The highest BCUT2D eigenvalue weighted by Crippen LogP contribution is 2.15. The largest absolute Gasteiger partial charge is 0.444 e. The summed E-state index contributed by atoms with van der Waals surface area (Å²) in [5.41, 5.74) is -1.21. The summed E-state index contributed by atoms with van der Waals surface area (Å²) < 4.78 is 42.2. The van der Waals surface area contributed by atoms with Gasteiger partial charge in [0.15, 0.2) is 5.96 Å². The van der Waals surface area contributed by atoms with Crippen molar-refractivity contribution in [3.8, 4) is 0 Å². The SMILES string of the molecule is CCNC(=NCC(C)(C)NC(=O)OC(C)(C)C)NCCCN(C)CC(F)(F)F. The third-order valence-corrected chi connectivity index (χ3v) is 3.27. The van der Waals surface area contributed by atoms with Gasteiger partial charge in [-0.05, 0) is 61.6 Å². The van der Waals surface area contributed by atoms with Crippen LogP contribution in [0.2, 0.25) is 0 Å². The molecule has 0 fully saturated rings. The molecule has 0 saturated heterocycles. The van der Waals surface area contributed by atoms with Crippen LogP contribution in [0.3, 0.4) is 0 Å². The van der Waals surface area contributed by atoms with Crippen molar-refractivity contribution < 1.29 is 22.7 Å². The van der Waals surface area contributed by atoms with Gasteiger partial charge < -0.3 is 20.7 Å². The quantitative estimate of drug-likeness (QED) is 0.309. The summed E-state index contributed by atoms with van der Waals surface area (Å²) in [5, 5.41) is 8.94. The van der Waals surface area contributed by atoms with Gasteiger partial charge in [-0.1, -0.05) is 0 Å². The Morgan fingerprint density at radius 1 is 1.11 bits per heavy atom. The molecule has 0 rings (SSSR count). The molecule has 166 valence electrons. The van der Waals surface area contributed by atoms with Crippen molar-refractivity contribution >= 4 is 12.1 Å². The summed E-state index contributed by atoms with van der Waals surface area (Å²) in [6, 6.07) is 0. The highest BCUT2D eigenvalue weighted by Gasteiger charge is 2.28. The molecule has 3 N–H and O–H groups in total. The van der Waals surface area contributed by atoms with Crippen molar-refractivity contribution in [2.24, 2.45) is 4.99 Å². The molecule has 1 amide bonds. The molecule has 28 heavy (non-hydrogen) atoms. The molecule has 0 radical (unpaired) electrons. The third-order valence-electron chi connectivity index (χ3n) is 3.27. The van der Waals surface area contributed by atoms with Gasteiger partial charge in [-0.2, -0.15) is 13.2 Å². The second kappa shape index (κ2) is 11.3. The molecule has 0 unspecified atom stereocenters. The monoisotopic (exact) mass is 411 g/mol. The second-order valence-electron chi connectivity index (χ2n) is 8.34. The van der Waals surface area contributed by atoms with E-state index >= 15 is 0 Å². The number of alkyl halides is 3. The summed E-state index contributed by atoms with van der Waals surface area (Å²) in [6.45, 7) is 11.8. The standard InChI is InChI=1S/C18H36F3N5O2/c1-8-22-14(23-10-9-11-26(7)13-18(19,20)21)24-12-17(5,6)25-15(27)28-16(2,3)4/h8-13H2,1-7H3,(H,25,27)(H2,22,23,24). The molecular formula is C18H36F3N5O2. The van der Waals surface area contributed by atoms with Crippen LogP contribution in [-0.2, 0) is 4.74 Å². The number of alkyl carbamates (subject to hydrolysis) is 1. The van der Waals surface area contributed by atoms with Gasteiger partial charge in [0.1, 0.15) is 5.60 Å². The molecule has 0 aromatic heterocycles. The smallest absolute Gasteiger partial charge is 0.408 e. The number of ether oxygens (including phenoxy) is 1. The van der Waals surface area contributed by atoms with Gasteiger partial charge in [0, 0.05) is 13.1 Å². The van der Waals surface area contributed by atoms with Gasteiger partial charge in [0.05, 0.1) is 18.6 Å². The molecule has 0 aliphatic heterocycles. The van der Waals surface area contributed by atoms with Crippen LogP contribution in [0.1, 0.15) is 48.0 Å². The summed E-state index contributed by atoms with van der Waals surface area (Å²) in [5.74, 6) is 0.542. The van der Waals surface area contributed by atoms with E-state index in [2.05, 4.69) is 20.9 Å². The maximum absolute atomic E-state index is 12.3. The highest BCUT2D eigenvalue weighted by molar-refractivity contribution is 5.79. The molecule has 0 spiro atoms. The lowest BCUT2D eigenvalue weighted by atomic mass is 10.1. The Hall–Kier alpha value is -1.71. The molecule has 0 aromatic carbocycles. The van der Waals surface area contributed by atoms with Crippen LogP contribution < -0.4 is 16.0 Å². The fourth-order valence-electron chi connectivity index (χ4n) is 2.18. The summed E-state index contributed by atoms with van der Waals surface area (Å²) in [7, 11) is 1.44. The van der Waals surface area contributed by atoms with Gasteiger partial charge in [-0.3, -0.25) is 9.89 Å². The van der Waals surface area contributed by atoms with Crippen molar-refractivity contribution in [1.82, 2.24) is 20.9 Å². The van der Waals surface area contributed by atoms with E-state index < -0.39 is 30.0 Å². The number of carbonyl (C=O) groups is 1. The van der Waals surface area contributed by atoms with Crippen molar-refractivity contribution in [2.45, 2.75) is 65.3 Å². The van der Waals surface area contributed by atoms with Gasteiger partial charge in [-0.25, -0.2) is 4.79 Å². The molecule has 0 aromatic rings. The molecule has 0 aliphatic carbocycles. The van der Waals surface area contributed by atoms with Gasteiger partial charge in [0.25, 0.3) is 0 Å². The number of amides is 1. The van der Waals surface area contributed by atoms with E-state index in [9.17, 15) is 18.0 Å². The topological polar surface area (TPSA) is 78.0 Å². The van der Waals surface area contributed by atoms with Crippen LogP contribution >= 0.6 is 0 Å². The Bertz CT molecular complexity index is 502. The van der Waals surface area contributed by atoms with Crippen LogP contribution in [0, 0.1) is 0 Å². The predicted molar refractivity (Wildman–Crippen MR) is 106 cm³/mol. The highest BCUT2D eigenvalue weighted by atomic mass is 19.4. The lowest BCUT2D eigenvalue weighted by Gasteiger charge is -2.27. The number of carbonyl (C=O) groups excluding carboxylic acids is 1.